The van der Waals surface area contributed by atoms with Gasteiger partial charge in [-0.25, -0.2) is 0 Å². The number of hydrogen-bond acceptors (Lipinski definition) is 5. The largest absolute Gasteiger partial charge is 0.507 e. The fourth-order valence-corrected chi connectivity index (χ4v) is 3.42. The summed E-state index contributed by atoms with van der Waals surface area (Å²) < 4.78 is 5.15. The van der Waals surface area contributed by atoms with Crippen molar-refractivity contribution in [2.45, 2.75) is 13.0 Å². The van der Waals surface area contributed by atoms with Gasteiger partial charge in [0.15, 0.2) is 0 Å². The summed E-state index contributed by atoms with van der Waals surface area (Å²) in [5.74, 6) is -0.790. The molecule has 1 saturated heterocycles. The van der Waals surface area contributed by atoms with Crippen molar-refractivity contribution < 1.29 is 19.4 Å². The molecule has 0 aromatic heterocycles. The highest BCUT2D eigenvalue weighted by molar-refractivity contribution is 6.46. The van der Waals surface area contributed by atoms with Gasteiger partial charge in [0.05, 0.1) is 18.7 Å². The molecule has 1 aliphatic heterocycles. The van der Waals surface area contributed by atoms with Crippen LogP contribution >= 0.6 is 0 Å². The van der Waals surface area contributed by atoms with Crippen molar-refractivity contribution >= 4 is 17.4 Å². The van der Waals surface area contributed by atoms with E-state index in [1.54, 1.807) is 36.3 Å². The molecule has 0 saturated carbocycles. The van der Waals surface area contributed by atoms with Crippen molar-refractivity contribution in [1.82, 2.24) is 9.80 Å². The van der Waals surface area contributed by atoms with Crippen LogP contribution in [0.1, 0.15) is 22.7 Å². The van der Waals surface area contributed by atoms with E-state index in [0.29, 0.717) is 24.4 Å². The number of nitrogens with zero attached hydrogens (tertiary/aromatic N) is 2. The van der Waals surface area contributed by atoms with E-state index in [9.17, 15) is 14.7 Å². The zero-order chi connectivity index (χ0) is 21.1. The number of aliphatic hydroxyl groups excluding tert-OH is 1. The van der Waals surface area contributed by atoms with Crippen LogP contribution in [-0.4, -0.2) is 60.9 Å². The highest BCUT2D eigenvalue weighted by atomic mass is 16.5. The Morgan fingerprint density at radius 3 is 2.24 bits per heavy atom. The first kappa shape index (κ1) is 20.6. The lowest BCUT2D eigenvalue weighted by Gasteiger charge is -2.26. The number of hydrogen-bond donors (Lipinski definition) is 1. The van der Waals surface area contributed by atoms with Gasteiger partial charge in [0.25, 0.3) is 11.7 Å². The van der Waals surface area contributed by atoms with Crippen molar-refractivity contribution in [1.29, 1.82) is 0 Å². The molecule has 1 amide bonds. The molecule has 2 aromatic carbocycles. The summed E-state index contributed by atoms with van der Waals surface area (Å²) >= 11 is 0. The Bertz CT molecular complexity index is 930. The van der Waals surface area contributed by atoms with E-state index in [0.717, 1.165) is 11.1 Å². The lowest BCUT2D eigenvalue weighted by molar-refractivity contribution is -0.140. The predicted molar refractivity (Wildman–Crippen MR) is 112 cm³/mol. The van der Waals surface area contributed by atoms with Crippen LogP contribution in [0.15, 0.2) is 54.1 Å². The highest BCUT2D eigenvalue weighted by Crippen LogP contribution is 2.39. The van der Waals surface area contributed by atoms with Crippen molar-refractivity contribution in [3.63, 3.8) is 0 Å². The molecular weight excluding hydrogens is 368 g/mol. The molecule has 1 fully saturated rings. The highest BCUT2D eigenvalue weighted by Gasteiger charge is 2.45. The first-order valence-electron chi connectivity index (χ1n) is 9.47. The van der Waals surface area contributed by atoms with Crippen LogP contribution < -0.4 is 4.74 Å². The van der Waals surface area contributed by atoms with E-state index in [-0.39, 0.29) is 11.3 Å². The number of likely N-dealkylation sites (N-methyl/N-ethyl adjacent to an activating group) is 1. The summed E-state index contributed by atoms with van der Waals surface area (Å²) in [7, 11) is 5.38. The quantitative estimate of drug-likeness (QED) is 0.463. The topological polar surface area (TPSA) is 70.1 Å². The van der Waals surface area contributed by atoms with Gasteiger partial charge in [-0.2, -0.15) is 0 Å². The van der Waals surface area contributed by atoms with Crippen LogP contribution in [0, 0.1) is 6.92 Å². The van der Waals surface area contributed by atoms with Crippen LogP contribution in [0.5, 0.6) is 5.75 Å². The SMILES string of the molecule is COc1ccc(/C(O)=C2\C(=O)C(=O)N(CCN(C)C)C2c2ccc(C)cc2)cc1. The first-order valence-corrected chi connectivity index (χ1v) is 9.47. The maximum absolute atomic E-state index is 12.9. The molecule has 1 unspecified atom stereocenters. The van der Waals surface area contributed by atoms with Gasteiger partial charge in [0.2, 0.25) is 0 Å². The minimum atomic E-state index is -0.664. The molecule has 6 heteroatoms. The van der Waals surface area contributed by atoms with Crippen LogP contribution in [0.4, 0.5) is 0 Å². The van der Waals surface area contributed by atoms with E-state index in [1.807, 2.05) is 50.2 Å². The van der Waals surface area contributed by atoms with Crippen molar-refractivity contribution in [2.75, 3.05) is 34.3 Å². The summed E-state index contributed by atoms with van der Waals surface area (Å²) in [6.07, 6.45) is 0. The molecule has 1 heterocycles. The zero-order valence-electron chi connectivity index (χ0n) is 17.2. The number of rotatable bonds is 6. The Kier molecular flexibility index (Phi) is 6.03. The molecule has 3 rings (SSSR count). The third-order valence-electron chi connectivity index (χ3n) is 5.08. The third kappa shape index (κ3) is 4.17. The number of carbonyl (C=O) groups is 2. The van der Waals surface area contributed by atoms with Crippen LogP contribution in [0.3, 0.4) is 0 Å². The zero-order valence-corrected chi connectivity index (χ0v) is 17.2. The predicted octanol–water partition coefficient (Wildman–Crippen LogP) is 2.99. The molecular formula is C23H26N2O4. The molecule has 29 heavy (non-hydrogen) atoms. The van der Waals surface area contributed by atoms with Gasteiger partial charge in [0, 0.05) is 18.7 Å². The number of ketones is 1. The second kappa shape index (κ2) is 8.49. The number of Topliss-reactive ketones (excluding diaryl/α,β-unsaturated/α-hetero) is 1. The Hall–Kier alpha value is -3.12. The maximum atomic E-state index is 12.9. The standard InChI is InChI=1S/C23H26N2O4/c1-15-5-7-16(8-6-15)20-19(21(26)17-9-11-18(29-4)12-10-17)22(27)23(28)25(20)14-13-24(2)3/h5-12,20,26H,13-14H2,1-4H3/b21-19+. The van der Waals surface area contributed by atoms with Gasteiger partial charge in [-0.1, -0.05) is 29.8 Å². The van der Waals surface area contributed by atoms with Gasteiger partial charge in [-0.15, -0.1) is 0 Å². The Balaban J connectivity index is 2.11. The lowest BCUT2D eigenvalue weighted by atomic mass is 9.94. The summed E-state index contributed by atoms with van der Waals surface area (Å²) in [5.41, 5.74) is 2.45. The molecule has 2 aromatic rings. The Labute approximate surface area is 171 Å². The average Bonchev–Trinajstić information content (AvgIpc) is 2.97. The summed E-state index contributed by atoms with van der Waals surface area (Å²) in [4.78, 5) is 29.2. The van der Waals surface area contributed by atoms with Crippen molar-refractivity contribution in [3.05, 3.63) is 70.8 Å². The maximum Gasteiger partial charge on any atom is 0.295 e. The summed E-state index contributed by atoms with van der Waals surface area (Å²) in [6.45, 7) is 2.97. The number of amides is 1. The van der Waals surface area contributed by atoms with Gasteiger partial charge in [-0.3, -0.25) is 9.59 Å². The third-order valence-corrected chi connectivity index (χ3v) is 5.08. The van der Waals surface area contributed by atoms with E-state index >= 15 is 0 Å². The van der Waals surface area contributed by atoms with E-state index < -0.39 is 17.7 Å². The number of likely N-dealkylation sites (tertiary alicyclic amines) is 1. The van der Waals surface area contributed by atoms with E-state index in [1.165, 1.54) is 0 Å². The van der Waals surface area contributed by atoms with Crippen molar-refractivity contribution in [2.24, 2.45) is 0 Å². The van der Waals surface area contributed by atoms with E-state index in [4.69, 9.17) is 4.74 Å². The number of carbonyl (C=O) groups excluding carboxylic acids is 2. The molecule has 0 spiro atoms. The first-order chi connectivity index (χ1) is 13.8. The van der Waals surface area contributed by atoms with E-state index in [2.05, 4.69) is 0 Å². The number of benzene rings is 2. The molecule has 1 N–H and O–H groups in total. The minimum absolute atomic E-state index is 0.114. The number of aliphatic hydroxyl groups is 1. The minimum Gasteiger partial charge on any atom is -0.507 e. The fraction of sp³-hybridized carbons (Fsp3) is 0.304. The second-order valence-corrected chi connectivity index (χ2v) is 7.43. The molecule has 152 valence electrons. The summed E-state index contributed by atoms with van der Waals surface area (Å²) in [6, 6.07) is 13.8. The lowest BCUT2D eigenvalue weighted by Crippen LogP contribution is -2.35. The Morgan fingerprint density at radius 2 is 1.69 bits per heavy atom. The smallest absolute Gasteiger partial charge is 0.295 e. The van der Waals surface area contributed by atoms with Gasteiger partial charge >= 0.3 is 0 Å². The number of ether oxygens (including phenoxy) is 1. The van der Waals surface area contributed by atoms with Gasteiger partial charge in [0.1, 0.15) is 11.5 Å². The molecule has 1 atom stereocenters. The van der Waals surface area contributed by atoms with Gasteiger partial charge in [-0.05, 0) is 50.8 Å². The Morgan fingerprint density at radius 1 is 1.07 bits per heavy atom. The van der Waals surface area contributed by atoms with Crippen LogP contribution in [0.2, 0.25) is 0 Å². The summed E-state index contributed by atoms with van der Waals surface area (Å²) in [5, 5.41) is 11.0. The van der Waals surface area contributed by atoms with Gasteiger partial charge < -0.3 is 19.6 Å². The van der Waals surface area contributed by atoms with Crippen molar-refractivity contribution in [3.8, 4) is 5.75 Å². The second-order valence-electron chi connectivity index (χ2n) is 7.43. The molecule has 6 nitrogen and oxygen atoms in total. The fourth-order valence-electron chi connectivity index (χ4n) is 3.42. The molecule has 0 radical (unpaired) electrons. The molecule has 0 aliphatic carbocycles. The average molecular weight is 394 g/mol. The van der Waals surface area contributed by atoms with Crippen LogP contribution in [-0.2, 0) is 9.59 Å². The monoisotopic (exact) mass is 394 g/mol. The number of methoxy groups -OCH3 is 1. The number of aryl methyl sites for hydroxylation is 1. The molecule has 1 aliphatic rings. The van der Waals surface area contributed by atoms with Crippen LogP contribution in [0.25, 0.3) is 5.76 Å². The normalized spacial score (nSPS) is 18.5. The molecule has 0 bridgehead atoms.